The maximum absolute atomic E-state index is 11.8. The molecule has 0 saturated heterocycles. The van der Waals surface area contributed by atoms with Crippen LogP contribution < -0.4 is 5.73 Å². The molecule has 0 aliphatic carbocycles. The van der Waals surface area contributed by atoms with Gasteiger partial charge in [-0.3, -0.25) is 9.89 Å². The Kier molecular flexibility index (Phi) is 4.21. The first kappa shape index (κ1) is 17.0. The van der Waals surface area contributed by atoms with Crippen LogP contribution in [0.3, 0.4) is 0 Å². The Balaban J connectivity index is 1.79. The van der Waals surface area contributed by atoms with Crippen molar-refractivity contribution in [3.63, 3.8) is 0 Å². The van der Waals surface area contributed by atoms with Crippen molar-refractivity contribution >= 4 is 33.7 Å². The van der Waals surface area contributed by atoms with Gasteiger partial charge in [0, 0.05) is 23.7 Å². The van der Waals surface area contributed by atoms with Gasteiger partial charge in [0.2, 0.25) is 5.91 Å². The molecule has 4 aromatic rings. The number of aromatic nitrogens is 5. The summed E-state index contributed by atoms with van der Waals surface area (Å²) in [6.45, 7) is 2.05. The molecule has 5 N–H and O–H groups in total. The molecule has 0 bridgehead atoms. The number of hydrogen-bond acceptors (Lipinski definition) is 6. The van der Waals surface area contributed by atoms with Crippen LogP contribution in [0.15, 0.2) is 30.5 Å². The number of carbonyl (C=O) groups is 1. The third-order valence-electron chi connectivity index (χ3n) is 4.51. The molecule has 0 atom stereocenters. The smallest absolute Gasteiger partial charge is 0.248 e. The fraction of sp³-hybridized carbons (Fsp3) is 0.222. The number of anilines is 1. The Labute approximate surface area is 154 Å². The van der Waals surface area contributed by atoms with Crippen molar-refractivity contribution in [2.24, 2.45) is 0 Å². The van der Waals surface area contributed by atoms with E-state index in [9.17, 15) is 4.79 Å². The first-order valence-electron chi connectivity index (χ1n) is 8.57. The number of aliphatic hydroxyl groups excluding tert-OH is 1. The molecule has 0 saturated carbocycles. The maximum atomic E-state index is 11.8. The highest BCUT2D eigenvalue weighted by molar-refractivity contribution is 6.07. The quantitative estimate of drug-likeness (QED) is 0.422. The van der Waals surface area contributed by atoms with Crippen LogP contribution >= 0.6 is 0 Å². The maximum Gasteiger partial charge on any atom is 0.248 e. The largest absolute Gasteiger partial charge is 0.387 e. The van der Waals surface area contributed by atoms with E-state index in [1.165, 1.54) is 4.90 Å². The standard InChI is InChI=1S/C18H19N7O2/c1-2-25(15(27)9-26)8-14-22-16-11-4-3-10(12-5-6-20-24-12)7-13(11)21-18(19)17(16)23-14/h3-7,26H,2,8-9H2,1H3,(H2,19,21)(H,20,24)(H,22,23). The number of pyridine rings is 1. The summed E-state index contributed by atoms with van der Waals surface area (Å²) in [5.41, 5.74) is 9.94. The summed E-state index contributed by atoms with van der Waals surface area (Å²) in [6.07, 6.45) is 1.76. The van der Waals surface area contributed by atoms with Crippen molar-refractivity contribution in [2.75, 3.05) is 18.9 Å². The van der Waals surface area contributed by atoms with E-state index in [0.717, 1.165) is 27.7 Å². The number of likely N-dealkylation sites (N-methyl/N-ethyl adjacent to an activating group) is 1. The number of fused-ring (bicyclic) bond motifs is 3. The lowest BCUT2D eigenvalue weighted by molar-refractivity contribution is -0.134. The Hall–Kier alpha value is -3.46. The molecule has 1 amide bonds. The van der Waals surface area contributed by atoms with Gasteiger partial charge in [0.25, 0.3) is 0 Å². The first-order valence-corrected chi connectivity index (χ1v) is 8.57. The molecular weight excluding hydrogens is 346 g/mol. The number of aromatic amines is 2. The van der Waals surface area contributed by atoms with E-state index in [2.05, 4.69) is 25.1 Å². The zero-order valence-electron chi connectivity index (χ0n) is 14.7. The average Bonchev–Trinajstić information content (AvgIpc) is 3.35. The van der Waals surface area contributed by atoms with Gasteiger partial charge >= 0.3 is 0 Å². The number of rotatable bonds is 5. The Morgan fingerprint density at radius 1 is 1.30 bits per heavy atom. The SMILES string of the molecule is CCN(Cc1nc2c(N)nc3cc(-c4cc[nH]n4)ccc3c2[nH]1)C(=O)CO. The van der Waals surface area contributed by atoms with Crippen LogP contribution in [0.1, 0.15) is 12.7 Å². The molecule has 3 aromatic heterocycles. The molecule has 1 aromatic carbocycles. The molecule has 0 aliphatic rings. The van der Waals surface area contributed by atoms with E-state index in [-0.39, 0.29) is 12.5 Å². The number of amides is 1. The fourth-order valence-electron chi connectivity index (χ4n) is 3.13. The van der Waals surface area contributed by atoms with E-state index >= 15 is 0 Å². The highest BCUT2D eigenvalue weighted by atomic mass is 16.3. The van der Waals surface area contributed by atoms with Gasteiger partial charge in [0.05, 0.1) is 23.3 Å². The molecule has 9 nitrogen and oxygen atoms in total. The predicted molar refractivity (Wildman–Crippen MR) is 102 cm³/mol. The third-order valence-corrected chi connectivity index (χ3v) is 4.51. The summed E-state index contributed by atoms with van der Waals surface area (Å²) in [6, 6.07) is 7.72. The monoisotopic (exact) mass is 365 g/mol. The lowest BCUT2D eigenvalue weighted by Crippen LogP contribution is -2.32. The van der Waals surface area contributed by atoms with Gasteiger partial charge in [-0.1, -0.05) is 6.07 Å². The van der Waals surface area contributed by atoms with Gasteiger partial charge in [0.15, 0.2) is 5.82 Å². The zero-order valence-corrected chi connectivity index (χ0v) is 14.7. The Morgan fingerprint density at radius 2 is 2.15 bits per heavy atom. The van der Waals surface area contributed by atoms with Gasteiger partial charge in [0.1, 0.15) is 17.9 Å². The van der Waals surface area contributed by atoms with Crippen LogP contribution in [0.2, 0.25) is 0 Å². The summed E-state index contributed by atoms with van der Waals surface area (Å²) in [5, 5.41) is 17.0. The second kappa shape index (κ2) is 6.69. The van der Waals surface area contributed by atoms with Crippen molar-refractivity contribution in [3.05, 3.63) is 36.3 Å². The van der Waals surface area contributed by atoms with Gasteiger partial charge in [-0.05, 0) is 25.1 Å². The van der Waals surface area contributed by atoms with E-state index in [1.807, 2.05) is 31.2 Å². The molecule has 9 heteroatoms. The highest BCUT2D eigenvalue weighted by Gasteiger charge is 2.16. The molecule has 3 heterocycles. The van der Waals surface area contributed by atoms with Gasteiger partial charge in [-0.25, -0.2) is 9.97 Å². The summed E-state index contributed by atoms with van der Waals surface area (Å²) in [4.78, 5) is 25.5. The number of H-pyrrole nitrogens is 2. The molecule has 27 heavy (non-hydrogen) atoms. The molecule has 0 radical (unpaired) electrons. The van der Waals surface area contributed by atoms with Crippen molar-refractivity contribution in [1.82, 2.24) is 30.0 Å². The average molecular weight is 365 g/mol. The predicted octanol–water partition coefficient (Wildman–Crippen LogP) is 1.42. The zero-order chi connectivity index (χ0) is 19.0. The number of imidazole rings is 1. The third kappa shape index (κ3) is 2.97. The van der Waals surface area contributed by atoms with Crippen LogP contribution in [0.5, 0.6) is 0 Å². The van der Waals surface area contributed by atoms with Crippen LogP contribution in [-0.4, -0.2) is 54.2 Å². The van der Waals surface area contributed by atoms with Crippen molar-refractivity contribution < 1.29 is 9.90 Å². The van der Waals surface area contributed by atoms with E-state index in [1.54, 1.807) is 6.20 Å². The molecule has 4 rings (SSSR count). The van der Waals surface area contributed by atoms with Crippen molar-refractivity contribution in [2.45, 2.75) is 13.5 Å². The molecular formula is C18H19N7O2. The summed E-state index contributed by atoms with van der Waals surface area (Å²) in [5.74, 6) is 0.555. The topological polar surface area (TPSA) is 137 Å². The summed E-state index contributed by atoms with van der Waals surface area (Å²) >= 11 is 0. The second-order valence-electron chi connectivity index (χ2n) is 6.16. The molecule has 0 unspecified atom stereocenters. The van der Waals surface area contributed by atoms with Gasteiger partial charge in [-0.2, -0.15) is 5.10 Å². The van der Waals surface area contributed by atoms with Gasteiger partial charge < -0.3 is 20.7 Å². The minimum absolute atomic E-state index is 0.261. The van der Waals surface area contributed by atoms with Gasteiger partial charge in [-0.15, -0.1) is 0 Å². The number of nitrogens with one attached hydrogen (secondary N) is 2. The summed E-state index contributed by atoms with van der Waals surface area (Å²) < 4.78 is 0. The highest BCUT2D eigenvalue weighted by Crippen LogP contribution is 2.29. The Bertz CT molecular complexity index is 1120. The van der Waals surface area contributed by atoms with E-state index in [0.29, 0.717) is 23.7 Å². The normalized spacial score (nSPS) is 11.3. The molecule has 0 fully saturated rings. The lowest BCUT2D eigenvalue weighted by atomic mass is 10.1. The molecule has 138 valence electrons. The fourth-order valence-corrected chi connectivity index (χ4v) is 3.13. The number of benzene rings is 1. The number of nitrogens with two attached hydrogens (primary N) is 1. The summed E-state index contributed by atoms with van der Waals surface area (Å²) in [7, 11) is 0. The molecule has 0 aliphatic heterocycles. The number of nitrogen functional groups attached to an aromatic ring is 1. The van der Waals surface area contributed by atoms with Crippen LogP contribution in [0, 0.1) is 0 Å². The number of nitrogens with zero attached hydrogens (tertiary/aromatic N) is 4. The van der Waals surface area contributed by atoms with Crippen LogP contribution in [-0.2, 0) is 11.3 Å². The van der Waals surface area contributed by atoms with Crippen molar-refractivity contribution in [3.8, 4) is 11.3 Å². The second-order valence-corrected chi connectivity index (χ2v) is 6.16. The van der Waals surface area contributed by atoms with Crippen molar-refractivity contribution in [1.29, 1.82) is 0 Å². The van der Waals surface area contributed by atoms with Crippen LogP contribution in [0.4, 0.5) is 5.82 Å². The Morgan fingerprint density at radius 3 is 2.85 bits per heavy atom. The number of hydrogen-bond donors (Lipinski definition) is 4. The first-order chi connectivity index (χ1) is 13.1. The van der Waals surface area contributed by atoms with Crippen LogP contribution in [0.25, 0.3) is 33.2 Å². The number of aliphatic hydroxyl groups is 1. The number of carbonyl (C=O) groups excluding carboxylic acids is 1. The minimum Gasteiger partial charge on any atom is -0.387 e. The lowest BCUT2D eigenvalue weighted by Gasteiger charge is -2.17. The van der Waals surface area contributed by atoms with E-state index in [4.69, 9.17) is 10.8 Å². The molecule has 0 spiro atoms. The minimum atomic E-state index is -0.531. The van der Waals surface area contributed by atoms with E-state index < -0.39 is 6.61 Å².